The summed E-state index contributed by atoms with van der Waals surface area (Å²) in [4.78, 5) is 15.5. The predicted molar refractivity (Wildman–Crippen MR) is 113 cm³/mol. The highest BCUT2D eigenvalue weighted by Gasteiger charge is 2.44. The molecule has 1 heterocycles. The lowest BCUT2D eigenvalue weighted by atomic mass is 10.2. The number of aromatic amines is 1. The second-order valence-electron chi connectivity index (χ2n) is 7.36. The summed E-state index contributed by atoms with van der Waals surface area (Å²) in [6.45, 7) is 2.14. The Labute approximate surface area is 183 Å². The van der Waals surface area contributed by atoms with Gasteiger partial charge in [0.1, 0.15) is 21.2 Å². The van der Waals surface area contributed by atoms with Crippen LogP contribution in [0, 0.1) is 5.82 Å². The first-order valence-electron chi connectivity index (χ1n) is 9.01. The van der Waals surface area contributed by atoms with Crippen LogP contribution in [0.25, 0.3) is 11.4 Å². The van der Waals surface area contributed by atoms with Crippen molar-refractivity contribution in [2.75, 3.05) is 11.6 Å². The molecule has 0 saturated heterocycles. The maximum atomic E-state index is 14.5. The van der Waals surface area contributed by atoms with Crippen molar-refractivity contribution >= 4 is 31.5 Å². The summed E-state index contributed by atoms with van der Waals surface area (Å²) in [5, 5.41) is 18.4. The van der Waals surface area contributed by atoms with Gasteiger partial charge >= 0.3 is 0 Å². The van der Waals surface area contributed by atoms with Crippen LogP contribution in [-0.4, -0.2) is 54.0 Å². The Morgan fingerprint density at radius 3 is 2.38 bits per heavy atom. The number of aromatic nitrogens is 3. The van der Waals surface area contributed by atoms with Gasteiger partial charge in [0.25, 0.3) is 0 Å². The molecule has 0 aliphatic heterocycles. The third-order valence-electron chi connectivity index (χ3n) is 4.71. The molecule has 3 aromatic rings. The van der Waals surface area contributed by atoms with E-state index < -0.39 is 45.9 Å². The Kier molecular flexibility index (Phi) is 5.82. The molecule has 0 saturated carbocycles. The van der Waals surface area contributed by atoms with Gasteiger partial charge in [0.05, 0.1) is 10.5 Å². The zero-order valence-corrected chi connectivity index (χ0v) is 18.8. The highest BCUT2D eigenvalue weighted by molar-refractivity contribution is 7.93. The van der Waals surface area contributed by atoms with Crippen molar-refractivity contribution in [3.63, 3.8) is 0 Å². The number of H-pyrrole nitrogens is 1. The number of hydrogen-bond acceptors (Lipinski definition) is 8. The maximum absolute atomic E-state index is 14.5. The Morgan fingerprint density at radius 1 is 1.12 bits per heavy atom. The van der Waals surface area contributed by atoms with Crippen molar-refractivity contribution in [3.8, 4) is 17.1 Å². The van der Waals surface area contributed by atoms with Crippen molar-refractivity contribution in [1.82, 2.24) is 15.2 Å². The summed E-state index contributed by atoms with van der Waals surface area (Å²) in [6.07, 6.45) is 0.855. The fraction of sp³-hybridized carbons (Fsp3) is 0.211. The molecule has 170 valence electrons. The minimum Gasteiger partial charge on any atom is -0.507 e. The number of amides is 1. The number of rotatable bonds is 6. The van der Waals surface area contributed by atoms with E-state index in [4.69, 9.17) is 0 Å². The summed E-state index contributed by atoms with van der Waals surface area (Å²) in [6, 6.07) is 8.58. The summed E-state index contributed by atoms with van der Waals surface area (Å²) >= 11 is 0. The van der Waals surface area contributed by atoms with Crippen LogP contribution < -0.4 is 5.32 Å². The summed E-state index contributed by atoms with van der Waals surface area (Å²) in [7, 11) is -8.35. The average Bonchev–Trinajstić information content (AvgIpc) is 3.15. The van der Waals surface area contributed by atoms with E-state index in [0.29, 0.717) is 11.6 Å². The molecule has 13 heteroatoms. The molecule has 0 bridgehead atoms. The van der Waals surface area contributed by atoms with Crippen LogP contribution >= 0.6 is 0 Å². The van der Waals surface area contributed by atoms with Crippen LogP contribution in [0.1, 0.15) is 13.8 Å². The molecule has 3 rings (SSSR count). The number of phenolic OH excluding ortho intramolecular Hbond substituents is 1. The number of hydrogen-bond donors (Lipinski definition) is 3. The monoisotopic (exact) mass is 482 g/mol. The van der Waals surface area contributed by atoms with Crippen molar-refractivity contribution < 1.29 is 31.1 Å². The first-order valence-corrected chi connectivity index (χ1v) is 12.4. The van der Waals surface area contributed by atoms with Gasteiger partial charge in [0.2, 0.25) is 11.9 Å². The molecule has 0 atom stereocenters. The van der Waals surface area contributed by atoms with E-state index in [2.05, 4.69) is 20.5 Å². The van der Waals surface area contributed by atoms with E-state index in [1.165, 1.54) is 6.07 Å². The van der Waals surface area contributed by atoms with E-state index in [0.717, 1.165) is 32.2 Å². The first kappa shape index (κ1) is 23.3. The Balaban J connectivity index is 1.89. The molecule has 32 heavy (non-hydrogen) atoms. The van der Waals surface area contributed by atoms with Gasteiger partial charge in [0.15, 0.2) is 25.5 Å². The smallest absolute Gasteiger partial charge is 0.249 e. The lowest BCUT2D eigenvalue weighted by molar-refractivity contribution is -0.117. The molecule has 0 aliphatic carbocycles. The van der Waals surface area contributed by atoms with Crippen molar-refractivity contribution in [2.45, 2.75) is 28.4 Å². The maximum Gasteiger partial charge on any atom is 0.249 e. The number of nitrogens with zero attached hydrogens (tertiary/aromatic N) is 2. The molecule has 10 nitrogen and oxygen atoms in total. The van der Waals surface area contributed by atoms with Crippen molar-refractivity contribution in [2.24, 2.45) is 0 Å². The number of halogens is 1. The van der Waals surface area contributed by atoms with Gasteiger partial charge in [0, 0.05) is 6.26 Å². The minimum atomic E-state index is -4.59. The Morgan fingerprint density at radius 2 is 1.78 bits per heavy atom. The standard InChI is InChI=1S/C19H19FN4O6S2/c1-19(2,32(29,30)15-9-8-11(10-13(15)20)31(3,27)28)17(26)22-18-21-16(23-24-18)12-6-4-5-7-14(12)25/h4-10,25H,1-3H3,(H2,21,22,23,24,26). The van der Waals surface area contributed by atoms with Crippen LogP contribution in [-0.2, 0) is 24.5 Å². The Hall–Kier alpha value is -3.32. The molecule has 0 fully saturated rings. The van der Waals surface area contributed by atoms with Crippen LogP contribution in [0.3, 0.4) is 0 Å². The van der Waals surface area contributed by atoms with Gasteiger partial charge in [-0.05, 0) is 44.2 Å². The van der Waals surface area contributed by atoms with Gasteiger partial charge in [-0.1, -0.05) is 12.1 Å². The van der Waals surface area contributed by atoms with E-state index >= 15 is 0 Å². The van der Waals surface area contributed by atoms with Gasteiger partial charge in [-0.25, -0.2) is 21.2 Å². The molecule has 0 aliphatic rings. The van der Waals surface area contributed by atoms with Gasteiger partial charge in [-0.15, -0.1) is 5.10 Å². The van der Waals surface area contributed by atoms with Gasteiger partial charge < -0.3 is 5.11 Å². The molecule has 0 unspecified atom stereocenters. The number of phenols is 1. The molecule has 1 amide bonds. The zero-order valence-electron chi connectivity index (χ0n) is 17.1. The normalized spacial score (nSPS) is 12.5. The number of nitrogens with one attached hydrogen (secondary N) is 2. The van der Waals surface area contributed by atoms with E-state index in [-0.39, 0.29) is 17.5 Å². The summed E-state index contributed by atoms with van der Waals surface area (Å²) in [5.74, 6) is -2.57. The van der Waals surface area contributed by atoms with E-state index in [1.54, 1.807) is 18.2 Å². The Bertz CT molecular complexity index is 1420. The fourth-order valence-electron chi connectivity index (χ4n) is 2.69. The highest BCUT2D eigenvalue weighted by Crippen LogP contribution is 2.30. The molecular formula is C19H19FN4O6S2. The fourth-order valence-corrected chi connectivity index (χ4v) is 4.73. The van der Waals surface area contributed by atoms with Crippen LogP contribution in [0.15, 0.2) is 52.3 Å². The third kappa shape index (κ3) is 4.21. The topological polar surface area (TPSA) is 159 Å². The van der Waals surface area contributed by atoms with Crippen molar-refractivity contribution in [3.05, 3.63) is 48.3 Å². The summed E-state index contributed by atoms with van der Waals surface area (Å²) < 4.78 is 61.5. The predicted octanol–water partition coefficient (Wildman–Crippen LogP) is 1.91. The first-order chi connectivity index (χ1) is 14.7. The SMILES string of the molecule is CC(C)(C(=O)Nc1n[nH]c(-c2ccccc2O)n1)S(=O)(=O)c1ccc(S(C)(=O)=O)cc1F. The molecule has 1 aromatic heterocycles. The van der Waals surface area contributed by atoms with Crippen LogP contribution in [0.2, 0.25) is 0 Å². The number of sulfone groups is 2. The number of anilines is 1. The zero-order chi connectivity index (χ0) is 23.9. The molecule has 3 N–H and O–H groups in total. The lowest BCUT2D eigenvalue weighted by Crippen LogP contribution is -2.45. The highest BCUT2D eigenvalue weighted by atomic mass is 32.2. The molecule has 0 radical (unpaired) electrons. The third-order valence-corrected chi connectivity index (χ3v) is 8.26. The largest absolute Gasteiger partial charge is 0.507 e. The second-order valence-corrected chi connectivity index (χ2v) is 11.8. The number of para-hydroxylation sites is 1. The molecular weight excluding hydrogens is 463 g/mol. The van der Waals surface area contributed by atoms with Crippen LogP contribution in [0.4, 0.5) is 10.3 Å². The average molecular weight is 483 g/mol. The summed E-state index contributed by atoms with van der Waals surface area (Å²) in [5.41, 5.74) is 0.306. The van der Waals surface area contributed by atoms with E-state index in [1.807, 2.05) is 0 Å². The van der Waals surface area contributed by atoms with Crippen molar-refractivity contribution in [1.29, 1.82) is 0 Å². The second kappa shape index (κ2) is 7.98. The van der Waals surface area contributed by atoms with Gasteiger partial charge in [-0.3, -0.25) is 15.2 Å². The minimum absolute atomic E-state index is 0.0857. The molecule has 0 spiro atoms. The molecule has 2 aromatic carbocycles. The van der Waals surface area contributed by atoms with Crippen LogP contribution in [0.5, 0.6) is 5.75 Å². The number of benzene rings is 2. The van der Waals surface area contributed by atoms with E-state index in [9.17, 15) is 31.1 Å². The lowest BCUT2D eigenvalue weighted by Gasteiger charge is -2.23. The number of carbonyl (C=O) groups is 1. The number of aromatic hydroxyl groups is 1. The van der Waals surface area contributed by atoms with Gasteiger partial charge in [-0.2, -0.15) is 4.98 Å². The quantitative estimate of drug-likeness (QED) is 0.480. The number of carbonyl (C=O) groups excluding carboxylic acids is 1.